The van der Waals surface area contributed by atoms with Crippen LogP contribution in [0.15, 0.2) is 48.5 Å². The molecule has 0 radical (unpaired) electrons. The van der Waals surface area contributed by atoms with Crippen LogP contribution >= 0.6 is 15.9 Å². The number of hydrogen-bond acceptors (Lipinski definition) is 4. The van der Waals surface area contributed by atoms with Gasteiger partial charge in [-0.3, -0.25) is 10.1 Å². The van der Waals surface area contributed by atoms with Crippen molar-refractivity contribution in [2.45, 2.75) is 11.4 Å². The Bertz CT molecular complexity index is 618. The normalized spacial score (nSPS) is 11.9. The lowest BCUT2D eigenvalue weighted by Gasteiger charge is -2.10. The van der Waals surface area contributed by atoms with Crippen LogP contribution < -0.4 is 4.74 Å². The van der Waals surface area contributed by atoms with Crippen molar-refractivity contribution in [1.29, 1.82) is 0 Å². The summed E-state index contributed by atoms with van der Waals surface area (Å²) in [7, 11) is 0. The van der Waals surface area contributed by atoms with Crippen LogP contribution in [-0.2, 0) is 6.61 Å². The molecule has 2 aromatic rings. The molecule has 0 aliphatic carbocycles. The fourth-order valence-corrected chi connectivity index (χ4v) is 2.12. The summed E-state index contributed by atoms with van der Waals surface area (Å²) in [6.07, 6.45) is 0. The molecule has 0 heterocycles. The van der Waals surface area contributed by atoms with Gasteiger partial charge in [0, 0.05) is 6.07 Å². The second kappa shape index (κ2) is 7.19. The molecule has 0 fully saturated rings. The molecule has 0 aromatic heterocycles. The molecule has 2 aromatic carbocycles. The van der Waals surface area contributed by atoms with E-state index in [-0.39, 0.29) is 29.5 Å². The minimum Gasteiger partial charge on any atom is -0.482 e. The van der Waals surface area contributed by atoms with E-state index in [1.165, 1.54) is 6.07 Å². The average Bonchev–Trinajstić information content (AvgIpc) is 2.52. The molecule has 110 valence electrons. The van der Waals surface area contributed by atoms with Crippen LogP contribution in [0.1, 0.15) is 16.0 Å². The molecule has 1 atom stereocenters. The topological polar surface area (TPSA) is 72.6 Å². The van der Waals surface area contributed by atoms with Gasteiger partial charge in [0.05, 0.1) is 16.4 Å². The van der Waals surface area contributed by atoms with Crippen LogP contribution in [0.25, 0.3) is 0 Å². The number of halogens is 1. The zero-order chi connectivity index (χ0) is 15.2. The van der Waals surface area contributed by atoms with Crippen molar-refractivity contribution < 1.29 is 14.8 Å². The van der Waals surface area contributed by atoms with E-state index < -0.39 is 4.92 Å². The third kappa shape index (κ3) is 4.03. The van der Waals surface area contributed by atoms with Gasteiger partial charge in [-0.2, -0.15) is 0 Å². The summed E-state index contributed by atoms with van der Waals surface area (Å²) >= 11 is 3.26. The standard InChI is InChI=1S/C15H14BrNO4/c16-13(9-18)12-6-7-15(14(8-12)17(19)20)21-10-11-4-2-1-3-5-11/h1-8,13,18H,9-10H2/t13-/m1/s1. The summed E-state index contributed by atoms with van der Waals surface area (Å²) in [6.45, 7) is 0.125. The molecular weight excluding hydrogens is 338 g/mol. The lowest BCUT2D eigenvalue weighted by molar-refractivity contribution is -0.386. The van der Waals surface area contributed by atoms with Gasteiger partial charge in [-0.25, -0.2) is 0 Å². The summed E-state index contributed by atoms with van der Waals surface area (Å²) in [4.78, 5) is 10.3. The van der Waals surface area contributed by atoms with Gasteiger partial charge >= 0.3 is 5.69 Å². The van der Waals surface area contributed by atoms with Crippen molar-refractivity contribution in [3.05, 3.63) is 69.8 Å². The molecule has 0 amide bonds. The Labute approximate surface area is 130 Å². The van der Waals surface area contributed by atoms with E-state index in [4.69, 9.17) is 9.84 Å². The molecule has 0 unspecified atom stereocenters. The Hall–Kier alpha value is -1.92. The number of aliphatic hydroxyl groups excluding tert-OH is 1. The fraction of sp³-hybridized carbons (Fsp3) is 0.200. The van der Waals surface area contributed by atoms with Gasteiger partial charge in [-0.1, -0.05) is 52.3 Å². The van der Waals surface area contributed by atoms with Gasteiger partial charge in [-0.15, -0.1) is 0 Å². The highest BCUT2D eigenvalue weighted by molar-refractivity contribution is 9.09. The largest absolute Gasteiger partial charge is 0.482 e. The molecule has 5 nitrogen and oxygen atoms in total. The van der Waals surface area contributed by atoms with Crippen LogP contribution in [0.5, 0.6) is 5.75 Å². The maximum atomic E-state index is 11.1. The van der Waals surface area contributed by atoms with E-state index >= 15 is 0 Å². The van der Waals surface area contributed by atoms with Gasteiger partial charge in [0.15, 0.2) is 5.75 Å². The lowest BCUT2D eigenvalue weighted by Crippen LogP contribution is -2.01. The maximum absolute atomic E-state index is 11.1. The molecule has 6 heteroatoms. The first-order chi connectivity index (χ1) is 10.1. The zero-order valence-electron chi connectivity index (χ0n) is 11.1. The first kappa shape index (κ1) is 15.5. The smallest absolute Gasteiger partial charge is 0.311 e. The quantitative estimate of drug-likeness (QED) is 0.490. The van der Waals surface area contributed by atoms with Crippen LogP contribution in [0, 0.1) is 10.1 Å². The molecular formula is C15H14BrNO4. The van der Waals surface area contributed by atoms with Crippen molar-refractivity contribution in [3.8, 4) is 5.75 Å². The Balaban J connectivity index is 2.20. The van der Waals surface area contributed by atoms with Gasteiger partial charge in [0.1, 0.15) is 6.61 Å². The van der Waals surface area contributed by atoms with Gasteiger partial charge in [-0.05, 0) is 17.2 Å². The predicted molar refractivity (Wildman–Crippen MR) is 82.6 cm³/mol. The fourth-order valence-electron chi connectivity index (χ4n) is 1.83. The molecule has 0 bridgehead atoms. The average molecular weight is 352 g/mol. The highest BCUT2D eigenvalue weighted by Gasteiger charge is 2.18. The first-order valence-corrected chi connectivity index (χ1v) is 7.23. The molecule has 21 heavy (non-hydrogen) atoms. The van der Waals surface area contributed by atoms with Crippen LogP contribution in [-0.4, -0.2) is 16.6 Å². The van der Waals surface area contributed by atoms with Crippen LogP contribution in [0.4, 0.5) is 5.69 Å². The predicted octanol–water partition coefficient (Wildman–Crippen LogP) is 3.60. The number of hydrogen-bond donors (Lipinski definition) is 1. The highest BCUT2D eigenvalue weighted by Crippen LogP contribution is 2.33. The minimum absolute atomic E-state index is 0.110. The number of rotatable bonds is 6. The summed E-state index contributed by atoms with van der Waals surface area (Å²) in [6, 6.07) is 14.1. The first-order valence-electron chi connectivity index (χ1n) is 6.32. The minimum atomic E-state index is -0.485. The van der Waals surface area contributed by atoms with Gasteiger partial charge in [0.2, 0.25) is 0 Å². The van der Waals surface area contributed by atoms with E-state index in [2.05, 4.69) is 15.9 Å². The number of benzene rings is 2. The Morgan fingerprint density at radius 1 is 1.24 bits per heavy atom. The van der Waals surface area contributed by atoms with Gasteiger partial charge < -0.3 is 9.84 Å². The molecule has 0 aliphatic rings. The van der Waals surface area contributed by atoms with Gasteiger partial charge in [0.25, 0.3) is 0 Å². The third-order valence-corrected chi connectivity index (χ3v) is 3.76. The monoisotopic (exact) mass is 351 g/mol. The molecule has 0 saturated heterocycles. The van der Waals surface area contributed by atoms with E-state index in [1.807, 2.05) is 30.3 Å². The Morgan fingerprint density at radius 2 is 1.95 bits per heavy atom. The van der Waals surface area contributed by atoms with Crippen LogP contribution in [0.2, 0.25) is 0 Å². The number of alkyl halides is 1. The molecule has 0 saturated carbocycles. The number of ether oxygens (including phenoxy) is 1. The van der Waals surface area contributed by atoms with Crippen molar-refractivity contribution in [2.75, 3.05) is 6.61 Å². The SMILES string of the molecule is O=[N+]([O-])c1cc([C@H](Br)CO)ccc1OCc1ccccc1. The summed E-state index contributed by atoms with van der Waals surface area (Å²) in [5.41, 5.74) is 1.46. The number of nitro benzene ring substituents is 1. The second-order valence-electron chi connectivity index (χ2n) is 4.41. The van der Waals surface area contributed by atoms with E-state index in [0.717, 1.165) is 5.56 Å². The number of nitro groups is 1. The summed E-state index contributed by atoms with van der Waals surface area (Å²) < 4.78 is 5.53. The Kier molecular flexibility index (Phi) is 5.30. The second-order valence-corrected chi connectivity index (χ2v) is 5.51. The number of nitrogens with zero attached hydrogens (tertiary/aromatic N) is 1. The van der Waals surface area contributed by atoms with E-state index in [0.29, 0.717) is 5.56 Å². The van der Waals surface area contributed by atoms with Crippen molar-refractivity contribution in [1.82, 2.24) is 0 Å². The maximum Gasteiger partial charge on any atom is 0.311 e. The molecule has 0 spiro atoms. The van der Waals surface area contributed by atoms with Crippen molar-refractivity contribution >= 4 is 21.6 Å². The highest BCUT2D eigenvalue weighted by atomic mass is 79.9. The lowest BCUT2D eigenvalue weighted by atomic mass is 10.1. The molecule has 1 N–H and O–H groups in total. The number of aliphatic hydroxyl groups is 1. The Morgan fingerprint density at radius 3 is 2.57 bits per heavy atom. The molecule has 0 aliphatic heterocycles. The van der Waals surface area contributed by atoms with E-state index in [9.17, 15) is 10.1 Å². The third-order valence-electron chi connectivity index (χ3n) is 2.94. The van der Waals surface area contributed by atoms with Crippen LogP contribution in [0.3, 0.4) is 0 Å². The summed E-state index contributed by atoms with van der Waals surface area (Å²) in [5, 5.41) is 20.2. The zero-order valence-corrected chi connectivity index (χ0v) is 12.7. The van der Waals surface area contributed by atoms with Crippen molar-refractivity contribution in [2.24, 2.45) is 0 Å². The van der Waals surface area contributed by atoms with Crippen molar-refractivity contribution in [3.63, 3.8) is 0 Å². The molecule has 2 rings (SSSR count). The summed E-state index contributed by atoms with van der Waals surface area (Å²) in [5.74, 6) is 0.213. The van der Waals surface area contributed by atoms with E-state index in [1.54, 1.807) is 12.1 Å².